The quantitative estimate of drug-likeness (QED) is 0.762. The van der Waals surface area contributed by atoms with Crippen molar-refractivity contribution in [2.24, 2.45) is 0 Å². The van der Waals surface area contributed by atoms with Gasteiger partial charge in [0, 0.05) is 5.56 Å². The first-order valence-corrected chi connectivity index (χ1v) is 5.84. The lowest BCUT2D eigenvalue weighted by atomic mass is 10.1. The van der Waals surface area contributed by atoms with Gasteiger partial charge in [-0.15, -0.1) is 0 Å². The van der Waals surface area contributed by atoms with Crippen molar-refractivity contribution in [2.45, 2.75) is 44.9 Å². The number of halogens is 3. The molecule has 1 saturated heterocycles. The van der Waals surface area contributed by atoms with E-state index in [1.807, 2.05) is 13.8 Å². The SMILES string of the molecule is C[C@@H]1C[C@H](C)OC(c2ccc(C(F)(F)F)cc2)O1. The second-order valence-corrected chi connectivity index (χ2v) is 4.58. The van der Waals surface area contributed by atoms with Crippen LogP contribution < -0.4 is 0 Å². The highest BCUT2D eigenvalue weighted by Gasteiger charge is 2.31. The molecular formula is C13H15F3O2. The van der Waals surface area contributed by atoms with Crippen molar-refractivity contribution in [1.82, 2.24) is 0 Å². The molecule has 0 amide bonds. The Labute approximate surface area is 104 Å². The first-order chi connectivity index (χ1) is 8.36. The molecule has 0 aromatic heterocycles. The monoisotopic (exact) mass is 260 g/mol. The molecule has 0 spiro atoms. The predicted octanol–water partition coefficient (Wildman–Crippen LogP) is 3.92. The van der Waals surface area contributed by atoms with Crippen LogP contribution in [-0.2, 0) is 15.7 Å². The zero-order valence-corrected chi connectivity index (χ0v) is 10.2. The van der Waals surface area contributed by atoms with Crippen LogP contribution in [-0.4, -0.2) is 12.2 Å². The molecule has 0 saturated carbocycles. The van der Waals surface area contributed by atoms with Crippen LogP contribution in [0.1, 0.15) is 37.7 Å². The molecule has 3 atom stereocenters. The van der Waals surface area contributed by atoms with Gasteiger partial charge >= 0.3 is 6.18 Å². The van der Waals surface area contributed by atoms with Crippen LogP contribution in [0.5, 0.6) is 0 Å². The van der Waals surface area contributed by atoms with E-state index < -0.39 is 18.0 Å². The van der Waals surface area contributed by atoms with Crippen molar-refractivity contribution < 1.29 is 22.6 Å². The molecule has 0 N–H and O–H groups in total. The number of benzene rings is 1. The molecule has 0 bridgehead atoms. The van der Waals surface area contributed by atoms with Crippen LogP contribution in [0.3, 0.4) is 0 Å². The number of rotatable bonds is 1. The van der Waals surface area contributed by atoms with Gasteiger partial charge in [0.1, 0.15) is 0 Å². The lowest BCUT2D eigenvalue weighted by Crippen LogP contribution is -2.30. The molecule has 18 heavy (non-hydrogen) atoms. The molecule has 1 unspecified atom stereocenters. The predicted molar refractivity (Wildman–Crippen MR) is 59.9 cm³/mol. The van der Waals surface area contributed by atoms with Crippen LogP contribution >= 0.6 is 0 Å². The molecule has 0 aliphatic carbocycles. The molecule has 1 aromatic rings. The van der Waals surface area contributed by atoms with Crippen LogP contribution in [0.25, 0.3) is 0 Å². The number of hydrogen-bond acceptors (Lipinski definition) is 2. The molecule has 5 heteroatoms. The summed E-state index contributed by atoms with van der Waals surface area (Å²) in [5, 5.41) is 0. The molecule has 1 aliphatic rings. The van der Waals surface area contributed by atoms with E-state index in [9.17, 15) is 13.2 Å². The highest BCUT2D eigenvalue weighted by atomic mass is 19.4. The van der Waals surface area contributed by atoms with Crippen molar-refractivity contribution in [3.63, 3.8) is 0 Å². The molecule has 2 nitrogen and oxygen atoms in total. The Kier molecular flexibility index (Phi) is 3.64. The lowest BCUT2D eigenvalue weighted by Gasteiger charge is -2.32. The minimum atomic E-state index is -4.31. The highest BCUT2D eigenvalue weighted by Crippen LogP contribution is 2.33. The Morgan fingerprint density at radius 2 is 1.50 bits per heavy atom. The van der Waals surface area contributed by atoms with E-state index in [2.05, 4.69) is 0 Å². The summed E-state index contributed by atoms with van der Waals surface area (Å²) in [5.41, 5.74) is -0.0513. The molecule has 1 fully saturated rings. The zero-order valence-electron chi connectivity index (χ0n) is 10.2. The fourth-order valence-electron chi connectivity index (χ4n) is 2.02. The highest BCUT2D eigenvalue weighted by molar-refractivity contribution is 5.25. The third kappa shape index (κ3) is 3.03. The van der Waals surface area contributed by atoms with E-state index in [-0.39, 0.29) is 12.2 Å². The van der Waals surface area contributed by atoms with Crippen molar-refractivity contribution in [2.75, 3.05) is 0 Å². The largest absolute Gasteiger partial charge is 0.416 e. The molecule has 100 valence electrons. The summed E-state index contributed by atoms with van der Waals surface area (Å²) in [4.78, 5) is 0. The van der Waals surface area contributed by atoms with Gasteiger partial charge in [-0.25, -0.2) is 0 Å². The van der Waals surface area contributed by atoms with Crippen molar-refractivity contribution in [1.29, 1.82) is 0 Å². The summed E-state index contributed by atoms with van der Waals surface area (Å²) in [5.74, 6) is 0. The normalized spacial score (nSPS) is 29.3. The zero-order chi connectivity index (χ0) is 13.3. The van der Waals surface area contributed by atoms with Gasteiger partial charge in [-0.2, -0.15) is 13.2 Å². The third-order valence-corrected chi connectivity index (χ3v) is 2.89. The van der Waals surface area contributed by atoms with Crippen molar-refractivity contribution >= 4 is 0 Å². The van der Waals surface area contributed by atoms with E-state index in [0.29, 0.717) is 5.56 Å². The second kappa shape index (κ2) is 4.90. The van der Waals surface area contributed by atoms with Crippen LogP contribution in [0.4, 0.5) is 13.2 Å². The summed E-state index contributed by atoms with van der Waals surface area (Å²) in [6, 6.07) is 4.90. The van der Waals surface area contributed by atoms with Crippen LogP contribution in [0.2, 0.25) is 0 Å². The number of ether oxygens (including phenoxy) is 2. The first kappa shape index (κ1) is 13.4. The Bertz CT molecular complexity index is 390. The summed E-state index contributed by atoms with van der Waals surface area (Å²) >= 11 is 0. The average Bonchev–Trinajstić information content (AvgIpc) is 2.27. The molecule has 2 rings (SSSR count). The minimum absolute atomic E-state index is 0.0426. The Morgan fingerprint density at radius 1 is 1.00 bits per heavy atom. The van der Waals surface area contributed by atoms with E-state index in [1.54, 1.807) is 0 Å². The Hall–Kier alpha value is -1.07. The van der Waals surface area contributed by atoms with Gasteiger partial charge in [0.05, 0.1) is 17.8 Å². The third-order valence-electron chi connectivity index (χ3n) is 2.89. The first-order valence-electron chi connectivity index (χ1n) is 5.84. The van der Waals surface area contributed by atoms with Gasteiger partial charge < -0.3 is 9.47 Å². The van der Waals surface area contributed by atoms with Crippen molar-refractivity contribution in [3.05, 3.63) is 35.4 Å². The van der Waals surface area contributed by atoms with Gasteiger partial charge in [0.2, 0.25) is 0 Å². The summed E-state index contributed by atoms with van der Waals surface area (Å²) in [7, 11) is 0. The molecule has 1 aromatic carbocycles. The smallest absolute Gasteiger partial charge is 0.345 e. The molecule has 1 aliphatic heterocycles. The fourth-order valence-corrected chi connectivity index (χ4v) is 2.02. The summed E-state index contributed by atoms with van der Waals surface area (Å²) in [6.45, 7) is 3.85. The van der Waals surface area contributed by atoms with E-state index in [1.165, 1.54) is 12.1 Å². The molecule has 0 radical (unpaired) electrons. The Balaban J connectivity index is 2.14. The van der Waals surface area contributed by atoms with Gasteiger partial charge in [0.15, 0.2) is 6.29 Å². The minimum Gasteiger partial charge on any atom is -0.345 e. The lowest BCUT2D eigenvalue weighted by molar-refractivity contribution is -0.239. The van der Waals surface area contributed by atoms with Gasteiger partial charge in [0.25, 0.3) is 0 Å². The van der Waals surface area contributed by atoms with Crippen molar-refractivity contribution in [3.8, 4) is 0 Å². The maximum absolute atomic E-state index is 12.4. The standard InChI is InChI=1S/C13H15F3O2/c1-8-7-9(2)18-12(17-8)10-3-5-11(6-4-10)13(14,15)16/h3-6,8-9,12H,7H2,1-2H3/t8-,9+,12?. The van der Waals surface area contributed by atoms with Gasteiger partial charge in [-0.05, 0) is 32.4 Å². The van der Waals surface area contributed by atoms with Gasteiger partial charge in [-0.1, -0.05) is 12.1 Å². The van der Waals surface area contributed by atoms with E-state index in [0.717, 1.165) is 18.6 Å². The molecular weight excluding hydrogens is 245 g/mol. The molecule has 1 heterocycles. The van der Waals surface area contributed by atoms with E-state index in [4.69, 9.17) is 9.47 Å². The summed E-state index contributed by atoms with van der Waals surface area (Å²) < 4.78 is 48.4. The Morgan fingerprint density at radius 3 is 1.94 bits per heavy atom. The average molecular weight is 260 g/mol. The maximum Gasteiger partial charge on any atom is 0.416 e. The summed E-state index contributed by atoms with van der Waals surface area (Å²) in [6.07, 6.45) is -4.02. The number of hydrogen-bond donors (Lipinski definition) is 0. The van der Waals surface area contributed by atoms with Gasteiger partial charge in [-0.3, -0.25) is 0 Å². The second-order valence-electron chi connectivity index (χ2n) is 4.58. The van der Waals surface area contributed by atoms with Crippen LogP contribution in [0, 0.1) is 0 Å². The van der Waals surface area contributed by atoms with Crippen LogP contribution in [0.15, 0.2) is 24.3 Å². The maximum atomic E-state index is 12.4. The topological polar surface area (TPSA) is 18.5 Å². The van der Waals surface area contributed by atoms with E-state index >= 15 is 0 Å². The fraction of sp³-hybridized carbons (Fsp3) is 0.538. The number of alkyl halides is 3.